The minimum Gasteiger partial charge on any atom is -0.493 e. The predicted molar refractivity (Wildman–Crippen MR) is 449 cm³/mol. The van der Waals surface area contributed by atoms with Crippen LogP contribution in [-0.2, 0) is 101 Å². The number of carbonyl (C=O) groups is 5. The number of fused-ring (bicyclic) bond motifs is 7. The molecule has 0 spiro atoms. The van der Waals surface area contributed by atoms with Crippen LogP contribution in [-0.4, -0.2) is 234 Å². The number of ether oxygens (including phenoxy) is 10. The van der Waals surface area contributed by atoms with E-state index in [1.807, 2.05) is 65.3 Å². The summed E-state index contributed by atoms with van der Waals surface area (Å²) < 4.78 is 131. The zero-order chi connectivity index (χ0) is 86.7. The molecule has 6 N–H and O–H groups in total. The normalized spacial score (nSPS) is 21.5. The highest BCUT2D eigenvalue weighted by Crippen LogP contribution is 2.53. The molecular weight excluding hydrogens is 1670 g/mol. The fourth-order valence-electron chi connectivity index (χ4n) is 16.2. The van der Waals surface area contributed by atoms with Gasteiger partial charge in [0.2, 0.25) is 6.29 Å². The maximum absolute atomic E-state index is 14.2. The van der Waals surface area contributed by atoms with Gasteiger partial charge < -0.3 is 95.8 Å². The number of amides is 3. The van der Waals surface area contributed by atoms with E-state index < -0.39 is 98.8 Å². The summed E-state index contributed by atoms with van der Waals surface area (Å²) in [4.78, 5) is 83.6. The van der Waals surface area contributed by atoms with Crippen molar-refractivity contribution in [2.24, 2.45) is 27.7 Å². The van der Waals surface area contributed by atoms with E-state index in [2.05, 4.69) is 29.3 Å². The van der Waals surface area contributed by atoms with E-state index in [4.69, 9.17) is 65.7 Å². The number of ketones is 2. The summed E-state index contributed by atoms with van der Waals surface area (Å²) in [6.07, 6.45) is -1.14. The quantitative estimate of drug-likeness (QED) is 0.00685. The average Bonchev–Trinajstić information content (AvgIpc) is 1.65. The smallest absolute Gasteiger partial charge is 0.493 e. The minimum absolute atomic E-state index is 0.0309. The second kappa shape index (κ2) is 39.9. The van der Waals surface area contributed by atoms with Gasteiger partial charge in [0.1, 0.15) is 68.3 Å². The number of hydrogen-bond acceptors (Lipinski definition) is 29. The fourth-order valence-corrected chi connectivity index (χ4v) is 19.5. The summed E-state index contributed by atoms with van der Waals surface area (Å²) in [5.41, 5.74) is 7.10. The molecule has 2 aliphatic carbocycles. The molecule has 14 rings (SSSR count). The highest BCUT2D eigenvalue weighted by molar-refractivity contribution is 7.85. The summed E-state index contributed by atoms with van der Waals surface area (Å²) in [6.45, 7) is 2.04. The van der Waals surface area contributed by atoms with Crippen LogP contribution in [0.1, 0.15) is 126 Å². The Bertz CT molecular complexity index is 5200. The summed E-state index contributed by atoms with van der Waals surface area (Å²) in [5, 5.41) is 48.3. The van der Waals surface area contributed by atoms with E-state index in [0.717, 1.165) is 65.1 Å². The van der Waals surface area contributed by atoms with E-state index in [-0.39, 0.29) is 126 Å². The Labute approximate surface area is 720 Å². The molecule has 1 saturated heterocycles. The summed E-state index contributed by atoms with van der Waals surface area (Å²) in [6, 6.07) is 24.8. The number of aliphatic hydroxyl groups is 4. The van der Waals surface area contributed by atoms with E-state index >= 15 is 0 Å². The van der Waals surface area contributed by atoms with Crippen molar-refractivity contribution in [3.8, 4) is 52.1 Å². The molecule has 11 atom stereocenters. The minimum atomic E-state index is -5.09. The molecule has 2 fully saturated rings. The molecule has 0 bridgehead atoms. The lowest BCUT2D eigenvalue weighted by Gasteiger charge is -2.39. The molecule has 2 unspecified atom stereocenters. The number of thiophene rings is 2. The van der Waals surface area contributed by atoms with Crippen LogP contribution in [0.5, 0.6) is 40.2 Å². The van der Waals surface area contributed by atoms with E-state index in [1.165, 1.54) is 48.2 Å². The van der Waals surface area contributed by atoms with Crippen LogP contribution in [0.25, 0.3) is 0 Å². The Morgan fingerprint density at radius 2 is 1.17 bits per heavy atom. The van der Waals surface area contributed by atoms with Gasteiger partial charge in [0, 0.05) is 116 Å². The Morgan fingerprint density at radius 3 is 1.72 bits per heavy atom. The molecule has 656 valence electrons. The van der Waals surface area contributed by atoms with Crippen LogP contribution in [0.4, 0.5) is 16.2 Å². The van der Waals surface area contributed by atoms with Crippen molar-refractivity contribution in [3.05, 3.63) is 168 Å². The SMILES string of the molecule is COc1cc2c(cc1OCc1cc(COc3cc4c(cc3OC)C(=O)N3Cc5ccsc5C[C@H]3C=N4)cc(C[N+](C)(C)Cc3ccc(OS(=O)(=O)Oc4cc(C(=O)CCCOCCOCCOCCCC(=O)[C@@H](CS(=O)(=O)O)NC(=O)OCC5[C@H]6CCC#CCC[C@@H]56)ccc4OC4O[C@H](CO)[C@H](O)[C@H](O)[C@H]4O)cc3)c1)N=C[C@@H]1Cc3sccc3CN1C2=O. The van der Waals surface area contributed by atoms with Crippen LogP contribution in [0, 0.1) is 29.6 Å². The number of aliphatic imine (C=N–C) groups is 2. The molecule has 1 saturated carbocycles. The van der Waals surface area contributed by atoms with Gasteiger partial charge in [0.15, 0.2) is 46.1 Å². The Morgan fingerprint density at radius 1 is 0.626 bits per heavy atom. The molecule has 3 amide bonds. The zero-order valence-electron chi connectivity index (χ0n) is 68.3. The molecule has 0 radical (unpaired) electrons. The van der Waals surface area contributed by atoms with Gasteiger partial charge in [-0.25, -0.2) is 4.79 Å². The fraction of sp³-hybridized carbons (Fsp3) is 0.460. The molecule has 36 heteroatoms. The van der Waals surface area contributed by atoms with Crippen molar-refractivity contribution in [3.63, 3.8) is 0 Å². The van der Waals surface area contributed by atoms with Gasteiger partial charge in [-0.1, -0.05) is 0 Å². The largest absolute Gasteiger partial charge is 0.501 e. The molecule has 7 aliphatic rings. The lowest BCUT2D eigenvalue weighted by atomic mass is 9.99. The number of quaternary nitrogens is 1. The van der Waals surface area contributed by atoms with Gasteiger partial charge in [-0.2, -0.15) is 8.42 Å². The number of alkyl carbamates (subject to hydrolysis) is 1. The molecule has 7 aromatic rings. The number of aliphatic hydroxyl groups excluding tert-OH is 4. The van der Waals surface area contributed by atoms with Gasteiger partial charge in [-0.15, -0.1) is 42.9 Å². The first-order valence-corrected chi connectivity index (χ1v) is 45.3. The number of nitrogens with zero attached hydrogens (tertiary/aromatic N) is 5. The molecular formula is C87H99N6O26S4+. The third-order valence-electron chi connectivity index (χ3n) is 22.5. The third-order valence-corrected chi connectivity index (χ3v) is 26.0. The van der Waals surface area contributed by atoms with Crippen molar-refractivity contribution in [1.82, 2.24) is 15.1 Å². The van der Waals surface area contributed by atoms with Gasteiger partial charge in [-0.05, 0) is 161 Å². The van der Waals surface area contributed by atoms with Crippen LogP contribution in [0.2, 0.25) is 0 Å². The lowest BCUT2D eigenvalue weighted by Crippen LogP contribution is -2.60. The van der Waals surface area contributed by atoms with Crippen molar-refractivity contribution < 1.29 is 126 Å². The Hall–Kier alpha value is -9.95. The second-order valence-corrected chi connectivity index (χ2v) is 36.5. The molecule has 2 aromatic heterocycles. The first-order chi connectivity index (χ1) is 59.2. The third kappa shape index (κ3) is 22.8. The summed E-state index contributed by atoms with van der Waals surface area (Å²) in [7, 11) is -2.63. The number of benzene rings is 5. The number of hydrogen-bond donors (Lipinski definition) is 6. The van der Waals surface area contributed by atoms with Crippen molar-refractivity contribution in [2.45, 2.75) is 152 Å². The summed E-state index contributed by atoms with van der Waals surface area (Å²) >= 11 is 3.34. The molecule has 5 aliphatic heterocycles. The van der Waals surface area contributed by atoms with Gasteiger partial charge in [0.05, 0.1) is 103 Å². The standard InChI is InChI=1S/C87H98N6O26S4/c1-93(2,46-53-31-54(48-113-75-39-67-64(37-73(75)108-3)84(100)91-43-57-21-29-120-79(57)35-59(91)41-88-67)33-55(32-53)49-114-76-40-68-65(38-74(76)109-4)85(101)92-44-58-22-30-121-80(58)36-60(92)42-89-68)45-52-15-18-61(19-16-52)118-123(106,107)119-77-34-56(17-20-72(77)116-86-83(99)82(98)81(97)78(47-94)117-86)70(95)13-9-23-110-25-27-112-28-26-111-24-10-14-71(96)69(51-122(103,104)105)90-87(102)115-50-66-62-11-7-5-6-8-12-63(62)66/h15-22,29-34,37-42,59-60,62-63,66,69,78,81-83,86,94,97-99H,7-14,23-28,35-36,43-51H2,1-4H3,(H-,90,102,103,104,105)/p+1/t59-,60-,62-,63+,66?,69+,78+,81-,82-,83+,86?/m0/s1. The highest BCUT2D eigenvalue weighted by atomic mass is 32.3. The number of rotatable bonds is 40. The van der Waals surface area contributed by atoms with Crippen molar-refractivity contribution in [1.29, 1.82) is 0 Å². The van der Waals surface area contributed by atoms with Crippen LogP contribution < -0.4 is 37.4 Å². The number of carbonyl (C=O) groups excluding carboxylic acids is 5. The highest BCUT2D eigenvalue weighted by Gasteiger charge is 2.50. The van der Waals surface area contributed by atoms with Crippen molar-refractivity contribution in [2.75, 3.05) is 86.9 Å². The van der Waals surface area contributed by atoms with E-state index in [1.54, 1.807) is 59.1 Å². The van der Waals surface area contributed by atoms with Crippen LogP contribution in [0.15, 0.2) is 118 Å². The monoisotopic (exact) mass is 1770 g/mol. The topological polar surface area (TPSA) is 409 Å². The molecule has 5 aromatic carbocycles. The van der Waals surface area contributed by atoms with E-state index in [0.29, 0.717) is 101 Å². The average molecular weight is 1770 g/mol. The first-order valence-electron chi connectivity index (χ1n) is 40.6. The van der Waals surface area contributed by atoms with Crippen LogP contribution >= 0.6 is 22.7 Å². The Kier molecular flexibility index (Phi) is 29.0. The lowest BCUT2D eigenvalue weighted by molar-refractivity contribution is -0.916. The maximum atomic E-state index is 14.2. The number of nitrogens with one attached hydrogen (secondary N) is 1. The van der Waals surface area contributed by atoms with Gasteiger partial charge >= 0.3 is 16.5 Å². The van der Waals surface area contributed by atoms with E-state index in [9.17, 15) is 65.8 Å². The predicted octanol–water partition coefficient (Wildman–Crippen LogP) is 8.99. The second-order valence-electron chi connectivity index (χ2n) is 31.8. The molecule has 123 heavy (non-hydrogen) atoms. The molecule has 32 nitrogen and oxygen atoms in total. The Balaban J connectivity index is 0.586. The summed E-state index contributed by atoms with van der Waals surface area (Å²) in [5.74, 6) is 5.09. The van der Waals surface area contributed by atoms with Gasteiger partial charge in [-0.3, -0.25) is 33.7 Å². The zero-order valence-corrected chi connectivity index (χ0v) is 71.5. The first kappa shape index (κ1) is 89.3. The number of methoxy groups -OCH3 is 2. The van der Waals surface area contributed by atoms with Crippen LogP contribution in [0.3, 0.4) is 0 Å². The van der Waals surface area contributed by atoms with Crippen molar-refractivity contribution >= 4 is 96.5 Å². The number of Topliss-reactive ketones (excluding diaryl/α,β-unsaturated/α-hetero) is 2. The van der Waals surface area contributed by atoms with Gasteiger partial charge in [0.25, 0.3) is 21.9 Å². The molecule has 7 heterocycles. The maximum Gasteiger partial charge on any atom is 0.501 e.